The van der Waals surface area contributed by atoms with Crippen molar-refractivity contribution in [2.75, 3.05) is 19.8 Å². The van der Waals surface area contributed by atoms with Crippen LogP contribution in [-0.4, -0.2) is 48.7 Å². The second-order valence-corrected chi connectivity index (χ2v) is 5.49. The molecule has 2 aliphatic heterocycles. The zero-order chi connectivity index (χ0) is 12.5. The molecule has 2 rings (SSSR count). The Kier molecular flexibility index (Phi) is 3.58. The van der Waals surface area contributed by atoms with Crippen molar-refractivity contribution in [1.82, 2.24) is 4.90 Å². The molecule has 2 heterocycles. The summed E-state index contributed by atoms with van der Waals surface area (Å²) in [4.78, 5) is 13.8. The highest BCUT2D eigenvalue weighted by molar-refractivity contribution is 5.69. The Labute approximate surface area is 102 Å². The van der Waals surface area contributed by atoms with Crippen molar-refractivity contribution in [3.63, 3.8) is 0 Å². The standard InChI is InChI=1S/C12H21NO4/c1-12(2,3)17-11(14)13-6-4-5-9(13)10-15-7-8-16-10/h9-10H,4-8H2,1-3H3/t9-/m1/s1. The van der Waals surface area contributed by atoms with Gasteiger partial charge in [0.15, 0.2) is 6.29 Å². The minimum absolute atomic E-state index is 0.00681. The lowest BCUT2D eigenvalue weighted by Gasteiger charge is -2.30. The number of ether oxygens (including phenoxy) is 3. The van der Waals surface area contributed by atoms with E-state index < -0.39 is 5.60 Å². The van der Waals surface area contributed by atoms with Crippen molar-refractivity contribution in [3.8, 4) is 0 Å². The van der Waals surface area contributed by atoms with Crippen LogP contribution in [0.15, 0.2) is 0 Å². The molecule has 0 N–H and O–H groups in total. The van der Waals surface area contributed by atoms with E-state index in [1.165, 1.54) is 0 Å². The minimum Gasteiger partial charge on any atom is -0.444 e. The lowest BCUT2D eigenvalue weighted by atomic mass is 10.2. The van der Waals surface area contributed by atoms with Gasteiger partial charge in [-0.05, 0) is 33.6 Å². The number of carbonyl (C=O) groups excluding carboxylic acids is 1. The van der Waals surface area contributed by atoms with E-state index in [4.69, 9.17) is 14.2 Å². The summed E-state index contributed by atoms with van der Waals surface area (Å²) in [5, 5.41) is 0. The van der Waals surface area contributed by atoms with Crippen molar-refractivity contribution in [2.45, 2.75) is 51.5 Å². The molecule has 2 saturated heterocycles. The first-order valence-corrected chi connectivity index (χ1v) is 6.20. The number of rotatable bonds is 1. The monoisotopic (exact) mass is 243 g/mol. The molecular weight excluding hydrogens is 222 g/mol. The molecule has 2 aliphatic rings. The first-order valence-electron chi connectivity index (χ1n) is 6.20. The predicted molar refractivity (Wildman–Crippen MR) is 61.7 cm³/mol. The van der Waals surface area contributed by atoms with Gasteiger partial charge in [-0.25, -0.2) is 4.79 Å². The van der Waals surface area contributed by atoms with Crippen LogP contribution < -0.4 is 0 Å². The second-order valence-electron chi connectivity index (χ2n) is 5.49. The van der Waals surface area contributed by atoms with E-state index in [1.807, 2.05) is 20.8 Å². The molecule has 0 aliphatic carbocycles. The molecule has 5 nitrogen and oxygen atoms in total. The average Bonchev–Trinajstić information content (AvgIpc) is 2.85. The van der Waals surface area contributed by atoms with Gasteiger partial charge in [0.1, 0.15) is 5.60 Å². The normalized spacial score (nSPS) is 26.5. The number of nitrogens with zero attached hydrogens (tertiary/aromatic N) is 1. The Balaban J connectivity index is 1.96. The molecule has 0 aromatic heterocycles. The third-order valence-electron chi connectivity index (χ3n) is 2.89. The molecule has 0 aromatic rings. The molecule has 98 valence electrons. The van der Waals surface area contributed by atoms with E-state index in [9.17, 15) is 4.79 Å². The van der Waals surface area contributed by atoms with Gasteiger partial charge in [-0.3, -0.25) is 0 Å². The van der Waals surface area contributed by atoms with E-state index in [1.54, 1.807) is 4.90 Å². The fourth-order valence-electron chi connectivity index (χ4n) is 2.22. The summed E-state index contributed by atoms with van der Waals surface area (Å²) in [7, 11) is 0. The molecule has 1 amide bonds. The van der Waals surface area contributed by atoms with Gasteiger partial charge in [-0.15, -0.1) is 0 Å². The summed E-state index contributed by atoms with van der Waals surface area (Å²) in [6.45, 7) is 7.57. The summed E-state index contributed by atoms with van der Waals surface area (Å²) in [5.41, 5.74) is -0.457. The van der Waals surface area contributed by atoms with E-state index in [0.29, 0.717) is 13.2 Å². The summed E-state index contributed by atoms with van der Waals surface area (Å²) in [6.07, 6.45) is 1.36. The van der Waals surface area contributed by atoms with Crippen molar-refractivity contribution >= 4 is 6.09 Å². The highest BCUT2D eigenvalue weighted by Gasteiger charge is 2.39. The maximum Gasteiger partial charge on any atom is 0.410 e. The van der Waals surface area contributed by atoms with Gasteiger partial charge in [0.05, 0.1) is 19.3 Å². The van der Waals surface area contributed by atoms with E-state index in [-0.39, 0.29) is 18.4 Å². The first-order chi connectivity index (χ1) is 7.97. The number of amides is 1. The third kappa shape index (κ3) is 3.10. The average molecular weight is 243 g/mol. The third-order valence-corrected chi connectivity index (χ3v) is 2.89. The fraction of sp³-hybridized carbons (Fsp3) is 0.917. The molecule has 17 heavy (non-hydrogen) atoms. The van der Waals surface area contributed by atoms with Crippen LogP contribution in [0.4, 0.5) is 4.79 Å². The van der Waals surface area contributed by atoms with Crippen LogP contribution in [0.1, 0.15) is 33.6 Å². The minimum atomic E-state index is -0.457. The van der Waals surface area contributed by atoms with Gasteiger partial charge in [-0.1, -0.05) is 0 Å². The van der Waals surface area contributed by atoms with Crippen molar-refractivity contribution in [2.24, 2.45) is 0 Å². The van der Waals surface area contributed by atoms with Crippen LogP contribution >= 0.6 is 0 Å². The second kappa shape index (κ2) is 4.82. The Morgan fingerprint density at radius 2 is 1.94 bits per heavy atom. The van der Waals surface area contributed by atoms with E-state index >= 15 is 0 Å². The molecule has 0 unspecified atom stereocenters. The first kappa shape index (κ1) is 12.6. The van der Waals surface area contributed by atoms with Gasteiger partial charge in [-0.2, -0.15) is 0 Å². The molecule has 1 atom stereocenters. The van der Waals surface area contributed by atoms with Crippen LogP contribution in [0.2, 0.25) is 0 Å². The highest BCUT2D eigenvalue weighted by Crippen LogP contribution is 2.26. The maximum absolute atomic E-state index is 12.0. The van der Waals surface area contributed by atoms with Gasteiger partial charge in [0.2, 0.25) is 0 Å². The van der Waals surface area contributed by atoms with Crippen LogP contribution in [0.5, 0.6) is 0 Å². The van der Waals surface area contributed by atoms with E-state index in [0.717, 1.165) is 19.4 Å². The van der Waals surface area contributed by atoms with Crippen LogP contribution in [-0.2, 0) is 14.2 Å². The van der Waals surface area contributed by atoms with Crippen molar-refractivity contribution in [3.05, 3.63) is 0 Å². The molecule has 0 saturated carbocycles. The van der Waals surface area contributed by atoms with Crippen LogP contribution in [0.3, 0.4) is 0 Å². The molecule has 5 heteroatoms. The van der Waals surface area contributed by atoms with Gasteiger partial charge >= 0.3 is 6.09 Å². The largest absolute Gasteiger partial charge is 0.444 e. The SMILES string of the molecule is CC(C)(C)OC(=O)N1CCC[C@@H]1C1OCCO1. The summed E-state index contributed by atoms with van der Waals surface area (Å²) < 4.78 is 16.3. The Morgan fingerprint density at radius 3 is 2.53 bits per heavy atom. The van der Waals surface area contributed by atoms with Gasteiger partial charge < -0.3 is 19.1 Å². The summed E-state index contributed by atoms with van der Waals surface area (Å²) in [6, 6.07) is 0.00681. The summed E-state index contributed by atoms with van der Waals surface area (Å²) in [5.74, 6) is 0. The smallest absolute Gasteiger partial charge is 0.410 e. The Morgan fingerprint density at radius 1 is 1.29 bits per heavy atom. The predicted octanol–water partition coefficient (Wildman–Crippen LogP) is 1.76. The van der Waals surface area contributed by atoms with Crippen molar-refractivity contribution < 1.29 is 19.0 Å². The summed E-state index contributed by atoms with van der Waals surface area (Å²) >= 11 is 0. The number of likely N-dealkylation sites (tertiary alicyclic amines) is 1. The van der Waals surface area contributed by atoms with Gasteiger partial charge in [0.25, 0.3) is 0 Å². The number of carbonyl (C=O) groups is 1. The highest BCUT2D eigenvalue weighted by atomic mass is 16.7. The lowest BCUT2D eigenvalue weighted by molar-refractivity contribution is -0.0906. The molecular formula is C12H21NO4. The number of hydrogen-bond donors (Lipinski definition) is 0. The van der Waals surface area contributed by atoms with E-state index in [2.05, 4.69) is 0 Å². The van der Waals surface area contributed by atoms with Gasteiger partial charge in [0, 0.05) is 6.54 Å². The Hall–Kier alpha value is -0.810. The fourth-order valence-corrected chi connectivity index (χ4v) is 2.22. The zero-order valence-electron chi connectivity index (χ0n) is 10.8. The molecule has 0 spiro atoms. The molecule has 2 fully saturated rings. The van der Waals surface area contributed by atoms with Crippen molar-refractivity contribution in [1.29, 1.82) is 0 Å². The molecule has 0 aromatic carbocycles. The molecule has 0 bridgehead atoms. The topological polar surface area (TPSA) is 48.0 Å². The van der Waals surface area contributed by atoms with Crippen LogP contribution in [0.25, 0.3) is 0 Å². The quantitative estimate of drug-likeness (QED) is 0.704. The zero-order valence-corrected chi connectivity index (χ0v) is 10.8. The molecule has 0 radical (unpaired) electrons. The number of hydrogen-bond acceptors (Lipinski definition) is 4. The maximum atomic E-state index is 12.0. The Bertz CT molecular complexity index is 281. The lowest BCUT2D eigenvalue weighted by Crippen LogP contribution is -2.45. The van der Waals surface area contributed by atoms with Crippen LogP contribution in [0, 0.1) is 0 Å².